The van der Waals surface area contributed by atoms with Crippen LogP contribution in [0.3, 0.4) is 0 Å². The molecule has 2 nitrogen and oxygen atoms in total. The highest BCUT2D eigenvalue weighted by Gasteiger charge is 2.01. The minimum Gasteiger partial charge on any atom is -0.324 e. The van der Waals surface area contributed by atoms with Crippen molar-refractivity contribution < 1.29 is 0 Å². The third kappa shape index (κ3) is 1.84. The first-order valence-electron chi connectivity index (χ1n) is 4.03. The molecule has 0 spiro atoms. The van der Waals surface area contributed by atoms with Crippen LogP contribution in [0, 0.1) is 11.3 Å². The minimum absolute atomic E-state index is 0.0951. The third-order valence-corrected chi connectivity index (χ3v) is 1.91. The van der Waals surface area contributed by atoms with Crippen LogP contribution in [-0.2, 0) is 0 Å². The summed E-state index contributed by atoms with van der Waals surface area (Å²) >= 11 is 0. The Morgan fingerprint density at radius 3 is 2.42 bits per heavy atom. The molecule has 0 saturated carbocycles. The van der Waals surface area contributed by atoms with Gasteiger partial charge in [-0.25, -0.2) is 0 Å². The molecule has 0 bridgehead atoms. The molecule has 62 valence electrons. The SMILES string of the molecule is CCC(N)c1ccc(C#N)cc1. The van der Waals surface area contributed by atoms with Gasteiger partial charge in [0.05, 0.1) is 11.6 Å². The second kappa shape index (κ2) is 3.89. The summed E-state index contributed by atoms with van der Waals surface area (Å²) < 4.78 is 0. The molecule has 0 radical (unpaired) electrons. The first kappa shape index (κ1) is 8.76. The molecular formula is C10H12N2. The smallest absolute Gasteiger partial charge is 0.0991 e. The number of benzene rings is 1. The number of nitriles is 1. The van der Waals surface area contributed by atoms with E-state index in [-0.39, 0.29) is 6.04 Å². The molecule has 1 aromatic rings. The van der Waals surface area contributed by atoms with E-state index in [0.29, 0.717) is 5.56 Å². The molecule has 1 aromatic carbocycles. The number of nitrogens with zero attached hydrogens (tertiary/aromatic N) is 1. The van der Waals surface area contributed by atoms with E-state index in [9.17, 15) is 0 Å². The lowest BCUT2D eigenvalue weighted by Gasteiger charge is -2.07. The summed E-state index contributed by atoms with van der Waals surface area (Å²) in [6.07, 6.45) is 0.923. The van der Waals surface area contributed by atoms with Crippen molar-refractivity contribution in [3.8, 4) is 6.07 Å². The monoisotopic (exact) mass is 160 g/mol. The van der Waals surface area contributed by atoms with Gasteiger partial charge in [0.15, 0.2) is 0 Å². The van der Waals surface area contributed by atoms with Crippen molar-refractivity contribution in [2.24, 2.45) is 5.73 Å². The molecule has 1 rings (SSSR count). The zero-order valence-corrected chi connectivity index (χ0v) is 7.12. The van der Waals surface area contributed by atoms with Gasteiger partial charge in [-0.1, -0.05) is 19.1 Å². The number of rotatable bonds is 2. The zero-order valence-electron chi connectivity index (χ0n) is 7.12. The molecule has 0 aliphatic heterocycles. The van der Waals surface area contributed by atoms with Gasteiger partial charge in [-0.15, -0.1) is 0 Å². The molecule has 0 saturated heterocycles. The third-order valence-electron chi connectivity index (χ3n) is 1.91. The molecule has 2 heteroatoms. The zero-order chi connectivity index (χ0) is 8.97. The van der Waals surface area contributed by atoms with Crippen LogP contribution >= 0.6 is 0 Å². The quantitative estimate of drug-likeness (QED) is 0.719. The first-order chi connectivity index (χ1) is 5.77. The van der Waals surface area contributed by atoms with Crippen molar-refractivity contribution in [2.75, 3.05) is 0 Å². The molecule has 12 heavy (non-hydrogen) atoms. The minimum atomic E-state index is 0.0951. The van der Waals surface area contributed by atoms with Crippen LogP contribution in [0.1, 0.15) is 30.5 Å². The van der Waals surface area contributed by atoms with Gasteiger partial charge < -0.3 is 5.73 Å². The predicted molar refractivity (Wildman–Crippen MR) is 48.4 cm³/mol. The van der Waals surface area contributed by atoms with Crippen molar-refractivity contribution in [3.63, 3.8) is 0 Å². The summed E-state index contributed by atoms with van der Waals surface area (Å²) in [4.78, 5) is 0. The molecule has 0 aliphatic rings. The molecule has 0 heterocycles. The molecule has 0 amide bonds. The van der Waals surface area contributed by atoms with Gasteiger partial charge >= 0.3 is 0 Å². The van der Waals surface area contributed by atoms with Crippen molar-refractivity contribution in [1.29, 1.82) is 5.26 Å². The van der Waals surface area contributed by atoms with Gasteiger partial charge in [0.1, 0.15) is 0 Å². The Kier molecular flexibility index (Phi) is 2.84. The summed E-state index contributed by atoms with van der Waals surface area (Å²) in [7, 11) is 0. The summed E-state index contributed by atoms with van der Waals surface area (Å²) in [6, 6.07) is 9.58. The normalized spacial score (nSPS) is 12.1. The molecule has 0 aliphatic carbocycles. The highest BCUT2D eigenvalue weighted by molar-refractivity contribution is 5.32. The van der Waals surface area contributed by atoms with E-state index in [1.54, 1.807) is 12.1 Å². The van der Waals surface area contributed by atoms with Gasteiger partial charge in [0.25, 0.3) is 0 Å². The molecule has 1 atom stereocenters. The van der Waals surface area contributed by atoms with E-state index in [1.165, 1.54) is 0 Å². The van der Waals surface area contributed by atoms with Crippen LogP contribution in [0.4, 0.5) is 0 Å². The molecule has 1 unspecified atom stereocenters. The van der Waals surface area contributed by atoms with E-state index in [2.05, 4.69) is 6.07 Å². The number of hydrogen-bond donors (Lipinski definition) is 1. The van der Waals surface area contributed by atoms with Gasteiger partial charge in [0.2, 0.25) is 0 Å². The number of nitrogens with two attached hydrogens (primary N) is 1. The Bertz CT molecular complexity index is 282. The van der Waals surface area contributed by atoms with Crippen LogP contribution in [-0.4, -0.2) is 0 Å². The molecule has 0 aromatic heterocycles. The van der Waals surface area contributed by atoms with Crippen LogP contribution in [0.25, 0.3) is 0 Å². The van der Waals surface area contributed by atoms with E-state index in [1.807, 2.05) is 19.1 Å². The topological polar surface area (TPSA) is 49.8 Å². The number of hydrogen-bond acceptors (Lipinski definition) is 2. The Balaban J connectivity index is 2.86. The second-order valence-electron chi connectivity index (χ2n) is 2.75. The fraction of sp³-hybridized carbons (Fsp3) is 0.300. The van der Waals surface area contributed by atoms with Gasteiger partial charge in [0, 0.05) is 6.04 Å². The Hall–Kier alpha value is -1.33. The predicted octanol–water partition coefficient (Wildman–Crippen LogP) is 1.97. The summed E-state index contributed by atoms with van der Waals surface area (Å²) in [6.45, 7) is 2.04. The standard InChI is InChI=1S/C10H12N2/c1-2-10(12)9-5-3-8(7-11)4-6-9/h3-6,10H,2,12H2,1H3. The fourth-order valence-electron chi connectivity index (χ4n) is 1.04. The van der Waals surface area contributed by atoms with E-state index >= 15 is 0 Å². The lowest BCUT2D eigenvalue weighted by atomic mass is 10.0. The molecule has 0 fully saturated rings. The van der Waals surface area contributed by atoms with Crippen molar-refractivity contribution in [3.05, 3.63) is 35.4 Å². The van der Waals surface area contributed by atoms with E-state index in [0.717, 1.165) is 12.0 Å². The Labute approximate surface area is 72.6 Å². The largest absolute Gasteiger partial charge is 0.324 e. The Morgan fingerprint density at radius 2 is 2.00 bits per heavy atom. The van der Waals surface area contributed by atoms with Crippen molar-refractivity contribution in [2.45, 2.75) is 19.4 Å². The maximum atomic E-state index is 8.54. The lowest BCUT2D eigenvalue weighted by molar-refractivity contribution is 0.698. The van der Waals surface area contributed by atoms with Crippen molar-refractivity contribution in [1.82, 2.24) is 0 Å². The molecular weight excluding hydrogens is 148 g/mol. The average molecular weight is 160 g/mol. The average Bonchev–Trinajstić information content (AvgIpc) is 2.17. The fourth-order valence-corrected chi connectivity index (χ4v) is 1.04. The van der Waals surface area contributed by atoms with Crippen LogP contribution < -0.4 is 5.73 Å². The Morgan fingerprint density at radius 1 is 1.42 bits per heavy atom. The van der Waals surface area contributed by atoms with E-state index in [4.69, 9.17) is 11.0 Å². The summed E-state index contributed by atoms with van der Waals surface area (Å²) in [5.41, 5.74) is 7.58. The highest BCUT2D eigenvalue weighted by atomic mass is 14.6. The highest BCUT2D eigenvalue weighted by Crippen LogP contribution is 2.13. The first-order valence-corrected chi connectivity index (χ1v) is 4.03. The van der Waals surface area contributed by atoms with Gasteiger partial charge in [-0.3, -0.25) is 0 Å². The molecule has 2 N–H and O–H groups in total. The van der Waals surface area contributed by atoms with Crippen LogP contribution in [0.5, 0.6) is 0 Å². The van der Waals surface area contributed by atoms with Gasteiger partial charge in [-0.05, 0) is 24.1 Å². The second-order valence-corrected chi connectivity index (χ2v) is 2.75. The summed E-state index contributed by atoms with van der Waals surface area (Å²) in [5.74, 6) is 0. The van der Waals surface area contributed by atoms with E-state index < -0.39 is 0 Å². The van der Waals surface area contributed by atoms with Crippen LogP contribution in [0.15, 0.2) is 24.3 Å². The maximum Gasteiger partial charge on any atom is 0.0991 e. The maximum absolute atomic E-state index is 8.54. The lowest BCUT2D eigenvalue weighted by Crippen LogP contribution is -2.08. The van der Waals surface area contributed by atoms with Gasteiger partial charge in [-0.2, -0.15) is 5.26 Å². The van der Waals surface area contributed by atoms with Crippen LogP contribution in [0.2, 0.25) is 0 Å². The summed E-state index contributed by atoms with van der Waals surface area (Å²) in [5, 5.41) is 8.54. The van der Waals surface area contributed by atoms with Crippen molar-refractivity contribution >= 4 is 0 Å².